The predicted molar refractivity (Wildman–Crippen MR) is 204 cm³/mol. The van der Waals surface area contributed by atoms with Gasteiger partial charge in [0.05, 0.1) is 37.0 Å². The Hall–Kier alpha value is -3.63. The van der Waals surface area contributed by atoms with Gasteiger partial charge in [-0.3, -0.25) is 0 Å². The second-order valence-electron chi connectivity index (χ2n) is 13.7. The maximum Gasteiger partial charge on any atom is 0.142 e. The van der Waals surface area contributed by atoms with Crippen molar-refractivity contribution >= 4 is 11.6 Å². The molecule has 0 aromatic heterocycles. The van der Waals surface area contributed by atoms with Gasteiger partial charge >= 0.3 is 0 Å². The lowest BCUT2D eigenvalue weighted by Gasteiger charge is -2.29. The van der Waals surface area contributed by atoms with Crippen LogP contribution in [0.5, 0.6) is 17.2 Å². The molecule has 4 aromatic carbocycles. The molecule has 8 nitrogen and oxygen atoms in total. The third kappa shape index (κ3) is 9.63. The molecule has 9 heteroatoms. The zero-order valence-corrected chi connectivity index (χ0v) is 31.2. The zero-order valence-electron chi connectivity index (χ0n) is 30.4. The maximum absolute atomic E-state index is 9.87. The van der Waals surface area contributed by atoms with E-state index in [1.165, 1.54) is 25.9 Å². The molecule has 0 amide bonds. The molecule has 1 heterocycles. The third-order valence-electron chi connectivity index (χ3n) is 10.2. The summed E-state index contributed by atoms with van der Waals surface area (Å²) in [5, 5.41) is 33.1. The minimum absolute atomic E-state index is 0.186. The number of rotatable bonds is 18. The lowest BCUT2D eigenvalue weighted by atomic mass is 9.93. The van der Waals surface area contributed by atoms with Gasteiger partial charge < -0.3 is 39.7 Å². The minimum Gasteiger partial charge on any atom is -0.493 e. The van der Waals surface area contributed by atoms with E-state index < -0.39 is 25.4 Å². The number of nitrogens with zero attached hydrogens (tertiary/aromatic N) is 1. The second-order valence-corrected chi connectivity index (χ2v) is 14.1. The summed E-state index contributed by atoms with van der Waals surface area (Å²) in [6.45, 7) is 12.0. The molecule has 1 saturated heterocycles. The molecule has 0 unspecified atom stereocenters. The van der Waals surface area contributed by atoms with Crippen LogP contribution in [0.1, 0.15) is 58.2 Å². The Kier molecular flexibility index (Phi) is 13.8. The number of hydrogen-bond donors (Lipinski definition) is 4. The van der Waals surface area contributed by atoms with Crippen LogP contribution in [0.2, 0.25) is 5.02 Å². The Morgan fingerprint density at radius 1 is 0.706 bits per heavy atom. The molecule has 0 aliphatic carbocycles. The second kappa shape index (κ2) is 18.2. The van der Waals surface area contributed by atoms with E-state index in [4.69, 9.17) is 25.8 Å². The van der Waals surface area contributed by atoms with Gasteiger partial charge in [0.25, 0.3) is 0 Å². The highest BCUT2D eigenvalue weighted by molar-refractivity contribution is 6.32. The number of hydrogen-bond acceptors (Lipinski definition) is 8. The summed E-state index contributed by atoms with van der Waals surface area (Å²) in [6, 6.07) is 22.2. The molecule has 1 aliphatic heterocycles. The summed E-state index contributed by atoms with van der Waals surface area (Å²) in [7, 11) is 0. The van der Waals surface area contributed by atoms with Crippen molar-refractivity contribution in [1.29, 1.82) is 0 Å². The van der Waals surface area contributed by atoms with E-state index in [1.54, 1.807) is 12.1 Å². The van der Waals surface area contributed by atoms with Gasteiger partial charge in [-0.15, -0.1) is 0 Å². The lowest BCUT2D eigenvalue weighted by molar-refractivity contribution is 0.0412. The number of benzene rings is 4. The fourth-order valence-electron chi connectivity index (χ4n) is 6.61. The van der Waals surface area contributed by atoms with Crippen LogP contribution in [0, 0.1) is 27.7 Å². The largest absolute Gasteiger partial charge is 0.493 e. The van der Waals surface area contributed by atoms with Crippen molar-refractivity contribution in [2.45, 2.75) is 72.3 Å². The van der Waals surface area contributed by atoms with Crippen molar-refractivity contribution in [3.63, 3.8) is 0 Å². The zero-order chi connectivity index (χ0) is 36.4. The smallest absolute Gasteiger partial charge is 0.142 e. The Labute approximate surface area is 308 Å². The van der Waals surface area contributed by atoms with E-state index in [1.807, 2.05) is 6.07 Å². The van der Waals surface area contributed by atoms with E-state index in [2.05, 4.69) is 86.4 Å². The molecular formula is C42H53ClN2O6. The SMILES string of the molecule is Cc1cccc(C)c1COc1cc(OCc2cccc(-c3cccc(OCCCN4CCCC4)c3C)c2C)c(Cl)cc1CNC(CO)(CO)CO. The highest BCUT2D eigenvalue weighted by atomic mass is 35.5. The highest BCUT2D eigenvalue weighted by Crippen LogP contribution is 2.37. The van der Waals surface area contributed by atoms with Gasteiger partial charge in [-0.1, -0.05) is 60.1 Å². The summed E-state index contributed by atoms with van der Waals surface area (Å²) in [5.74, 6) is 1.93. The molecule has 0 atom stereocenters. The molecule has 0 saturated carbocycles. The van der Waals surface area contributed by atoms with E-state index in [-0.39, 0.29) is 6.54 Å². The summed E-state index contributed by atoms with van der Waals surface area (Å²) in [5.41, 5.74) is 8.30. The van der Waals surface area contributed by atoms with Gasteiger partial charge in [0.15, 0.2) is 0 Å². The maximum atomic E-state index is 9.87. The van der Waals surface area contributed by atoms with Crippen LogP contribution in [0.15, 0.2) is 66.7 Å². The number of aliphatic hydroxyl groups is 3. The predicted octanol–water partition coefficient (Wildman–Crippen LogP) is 7.07. The van der Waals surface area contributed by atoms with Gasteiger partial charge in [-0.25, -0.2) is 0 Å². The van der Waals surface area contributed by atoms with E-state index >= 15 is 0 Å². The van der Waals surface area contributed by atoms with Gasteiger partial charge in [0.1, 0.15) is 30.5 Å². The van der Waals surface area contributed by atoms with E-state index in [0.29, 0.717) is 41.9 Å². The number of nitrogens with one attached hydrogen (secondary N) is 1. The first-order valence-electron chi connectivity index (χ1n) is 17.9. The standard InChI is InChI=1S/C42H53ClN2O6/c1-29-11-7-12-30(2)37(29)25-51-40-22-41(38(43)21-34(40)23-44-42(26-46,27-47)28-48)50-24-33-13-8-14-35(31(33)3)36-15-9-16-39(32(36)4)49-20-10-19-45-17-5-6-18-45/h7-9,11-16,21-22,44,46-48H,5-6,10,17-20,23-28H2,1-4H3. The lowest BCUT2D eigenvalue weighted by Crippen LogP contribution is -2.54. The normalized spacial score (nSPS) is 13.5. The first-order chi connectivity index (χ1) is 24.7. The Morgan fingerprint density at radius 2 is 1.33 bits per heavy atom. The number of aliphatic hydroxyl groups excluding tert-OH is 3. The summed E-state index contributed by atoms with van der Waals surface area (Å²) in [6.07, 6.45) is 3.62. The minimum atomic E-state index is -1.26. The van der Waals surface area contributed by atoms with E-state index in [9.17, 15) is 15.3 Å². The fraction of sp³-hybridized carbons (Fsp3) is 0.429. The van der Waals surface area contributed by atoms with Crippen molar-refractivity contribution in [2.75, 3.05) is 46.1 Å². The van der Waals surface area contributed by atoms with Gasteiger partial charge in [0.2, 0.25) is 0 Å². The van der Waals surface area contributed by atoms with Crippen LogP contribution in [-0.2, 0) is 19.8 Å². The topological polar surface area (TPSA) is 104 Å². The molecule has 274 valence electrons. The van der Waals surface area contributed by atoms with Crippen LogP contribution < -0.4 is 19.5 Å². The number of likely N-dealkylation sites (tertiary alicyclic amines) is 1. The molecule has 0 bridgehead atoms. The average molecular weight is 717 g/mol. The van der Waals surface area contributed by atoms with Crippen molar-refractivity contribution in [1.82, 2.24) is 10.2 Å². The summed E-state index contributed by atoms with van der Waals surface area (Å²) in [4.78, 5) is 2.52. The molecule has 1 fully saturated rings. The molecular weight excluding hydrogens is 664 g/mol. The van der Waals surface area contributed by atoms with Crippen LogP contribution >= 0.6 is 11.6 Å². The average Bonchev–Trinajstić information content (AvgIpc) is 3.66. The van der Waals surface area contributed by atoms with Crippen molar-refractivity contribution in [2.24, 2.45) is 0 Å². The van der Waals surface area contributed by atoms with Crippen LogP contribution in [0.3, 0.4) is 0 Å². The molecule has 5 rings (SSSR count). The third-order valence-corrected chi connectivity index (χ3v) is 10.5. The Bertz CT molecular complexity index is 1720. The molecule has 4 aromatic rings. The summed E-state index contributed by atoms with van der Waals surface area (Å²) >= 11 is 6.81. The molecule has 4 N–H and O–H groups in total. The first kappa shape index (κ1) is 38.6. The highest BCUT2D eigenvalue weighted by Gasteiger charge is 2.28. The van der Waals surface area contributed by atoms with Gasteiger partial charge in [0, 0.05) is 24.7 Å². The number of halogens is 1. The summed E-state index contributed by atoms with van der Waals surface area (Å²) < 4.78 is 19.0. The number of aryl methyl sites for hydroxylation is 2. The van der Waals surface area contributed by atoms with Crippen LogP contribution in [0.25, 0.3) is 11.1 Å². The number of ether oxygens (including phenoxy) is 3. The van der Waals surface area contributed by atoms with Crippen molar-refractivity contribution < 1.29 is 29.5 Å². The fourth-order valence-corrected chi connectivity index (χ4v) is 6.85. The van der Waals surface area contributed by atoms with Gasteiger partial charge in [-0.05, 0) is 117 Å². The quantitative estimate of drug-likeness (QED) is 0.0812. The van der Waals surface area contributed by atoms with Crippen molar-refractivity contribution in [3.05, 3.63) is 111 Å². The monoisotopic (exact) mass is 716 g/mol. The molecule has 0 radical (unpaired) electrons. The van der Waals surface area contributed by atoms with Crippen molar-refractivity contribution in [3.8, 4) is 28.4 Å². The molecule has 0 spiro atoms. The van der Waals surface area contributed by atoms with Gasteiger partial charge in [-0.2, -0.15) is 0 Å². The Balaban J connectivity index is 1.34. The first-order valence-corrected chi connectivity index (χ1v) is 18.3. The van der Waals surface area contributed by atoms with E-state index in [0.717, 1.165) is 63.2 Å². The molecule has 51 heavy (non-hydrogen) atoms. The Morgan fingerprint density at radius 3 is 2.02 bits per heavy atom. The molecule has 1 aliphatic rings. The van der Waals surface area contributed by atoms with Crippen LogP contribution in [0.4, 0.5) is 0 Å². The van der Waals surface area contributed by atoms with Crippen LogP contribution in [-0.4, -0.2) is 71.8 Å².